The normalized spacial score (nSPS) is 47.7. The van der Waals surface area contributed by atoms with Gasteiger partial charge in [-0.05, 0) is 47.8 Å². The molecule has 0 aliphatic heterocycles. The molecule has 0 heterocycles. The minimum Gasteiger partial charge on any atom is -0.392 e. The molecule has 4 atom stereocenters. The molecule has 3 rings (SSSR count). The van der Waals surface area contributed by atoms with Gasteiger partial charge in [0.2, 0.25) is 0 Å². The average molecular weight is 250 g/mol. The molecule has 0 saturated heterocycles. The Labute approximate surface area is 112 Å². The first-order chi connectivity index (χ1) is 8.47. The summed E-state index contributed by atoms with van der Waals surface area (Å²) in [6.07, 6.45) is 11.0. The summed E-state index contributed by atoms with van der Waals surface area (Å²) in [5.41, 5.74) is 0.544. The number of aliphatic hydroxyl groups excluding tert-OH is 1. The molecular weight excluding hydrogens is 220 g/mol. The summed E-state index contributed by atoms with van der Waals surface area (Å²) in [7, 11) is 0. The van der Waals surface area contributed by atoms with Crippen LogP contribution in [0.15, 0.2) is 0 Å². The van der Waals surface area contributed by atoms with E-state index in [-0.39, 0.29) is 11.5 Å². The monoisotopic (exact) mass is 250 g/mol. The quantitative estimate of drug-likeness (QED) is 0.770. The topological polar surface area (TPSA) is 20.2 Å². The van der Waals surface area contributed by atoms with Crippen LogP contribution >= 0.6 is 0 Å². The molecule has 0 amide bonds. The molecule has 3 fully saturated rings. The predicted octanol–water partition coefficient (Wildman–Crippen LogP) is 4.39. The van der Waals surface area contributed by atoms with Crippen LogP contribution in [0.3, 0.4) is 0 Å². The fraction of sp³-hybridized carbons (Fsp3) is 1.00. The zero-order valence-corrected chi connectivity index (χ0v) is 12.4. The van der Waals surface area contributed by atoms with E-state index in [9.17, 15) is 5.11 Å². The van der Waals surface area contributed by atoms with Gasteiger partial charge in [-0.2, -0.15) is 0 Å². The lowest BCUT2D eigenvalue weighted by molar-refractivity contribution is -0.0169. The van der Waals surface area contributed by atoms with Gasteiger partial charge >= 0.3 is 0 Å². The second-order valence-corrected chi connectivity index (χ2v) is 8.13. The Morgan fingerprint density at radius 2 is 1.67 bits per heavy atom. The highest BCUT2D eigenvalue weighted by Crippen LogP contribution is 2.68. The summed E-state index contributed by atoms with van der Waals surface area (Å²) in [4.78, 5) is 0. The van der Waals surface area contributed by atoms with E-state index >= 15 is 0 Å². The Morgan fingerprint density at radius 1 is 1.00 bits per heavy atom. The SMILES string of the molecule is CC1(C)[C@H]2CC[C@]1(C)[C@H](O)[C@H]2CC1CCCCC1. The Hall–Kier alpha value is -0.0400. The third-order valence-electron chi connectivity index (χ3n) is 7.28. The number of hydrogen-bond acceptors (Lipinski definition) is 1. The molecule has 1 heteroatoms. The van der Waals surface area contributed by atoms with E-state index in [0.29, 0.717) is 11.3 Å². The summed E-state index contributed by atoms with van der Waals surface area (Å²) in [6, 6.07) is 0. The number of hydrogen-bond donors (Lipinski definition) is 1. The maximum absolute atomic E-state index is 10.8. The van der Waals surface area contributed by atoms with E-state index in [1.54, 1.807) is 0 Å². The molecule has 1 N–H and O–H groups in total. The molecule has 0 radical (unpaired) electrons. The lowest BCUT2D eigenvalue weighted by atomic mass is 9.70. The summed E-state index contributed by atoms with van der Waals surface area (Å²) in [6.45, 7) is 7.17. The van der Waals surface area contributed by atoms with Gasteiger partial charge in [0, 0.05) is 0 Å². The van der Waals surface area contributed by atoms with Crippen molar-refractivity contribution in [1.29, 1.82) is 0 Å². The van der Waals surface area contributed by atoms with Crippen molar-refractivity contribution in [2.45, 2.75) is 78.2 Å². The number of rotatable bonds is 2. The smallest absolute Gasteiger partial charge is 0.0630 e. The third-order valence-corrected chi connectivity index (χ3v) is 7.28. The summed E-state index contributed by atoms with van der Waals surface area (Å²) < 4.78 is 0. The zero-order chi connectivity index (χ0) is 13.0. The number of fused-ring (bicyclic) bond motifs is 2. The van der Waals surface area contributed by atoms with Crippen molar-refractivity contribution in [1.82, 2.24) is 0 Å². The fourth-order valence-electron chi connectivity index (χ4n) is 5.63. The molecule has 0 unspecified atom stereocenters. The van der Waals surface area contributed by atoms with Crippen LogP contribution in [0.25, 0.3) is 0 Å². The minimum atomic E-state index is -0.0341. The third kappa shape index (κ3) is 1.62. The van der Waals surface area contributed by atoms with Crippen molar-refractivity contribution in [2.24, 2.45) is 28.6 Å². The van der Waals surface area contributed by atoms with Crippen molar-refractivity contribution in [3.05, 3.63) is 0 Å². The standard InChI is InChI=1S/C17H30O/c1-16(2)14-9-10-17(16,3)15(18)13(14)11-12-7-5-4-6-8-12/h12-15,18H,4-11H2,1-3H3/t13-,14-,15+,17+/m0/s1. The first-order valence-corrected chi connectivity index (χ1v) is 8.15. The molecule has 0 aromatic heterocycles. The zero-order valence-electron chi connectivity index (χ0n) is 12.4. The molecule has 3 aliphatic rings. The van der Waals surface area contributed by atoms with Crippen molar-refractivity contribution in [2.75, 3.05) is 0 Å². The fourth-order valence-corrected chi connectivity index (χ4v) is 5.63. The maximum Gasteiger partial charge on any atom is 0.0630 e. The van der Waals surface area contributed by atoms with Crippen LogP contribution < -0.4 is 0 Å². The highest BCUT2D eigenvalue weighted by molar-refractivity contribution is 5.14. The number of aliphatic hydroxyl groups is 1. The van der Waals surface area contributed by atoms with Gasteiger partial charge in [0.25, 0.3) is 0 Å². The van der Waals surface area contributed by atoms with Gasteiger partial charge in [0.05, 0.1) is 6.10 Å². The van der Waals surface area contributed by atoms with Crippen LogP contribution in [0.1, 0.15) is 72.1 Å². The van der Waals surface area contributed by atoms with Gasteiger partial charge in [-0.15, -0.1) is 0 Å². The molecule has 0 spiro atoms. The molecule has 2 bridgehead atoms. The van der Waals surface area contributed by atoms with E-state index < -0.39 is 0 Å². The Balaban J connectivity index is 1.74. The van der Waals surface area contributed by atoms with Crippen LogP contribution in [0.2, 0.25) is 0 Å². The Kier molecular flexibility index (Phi) is 3.05. The van der Waals surface area contributed by atoms with Crippen LogP contribution in [0, 0.1) is 28.6 Å². The molecule has 3 aliphatic carbocycles. The molecule has 1 nitrogen and oxygen atoms in total. The van der Waals surface area contributed by atoms with Crippen molar-refractivity contribution < 1.29 is 5.11 Å². The van der Waals surface area contributed by atoms with Crippen LogP contribution in [0.5, 0.6) is 0 Å². The first-order valence-electron chi connectivity index (χ1n) is 8.15. The summed E-state index contributed by atoms with van der Waals surface area (Å²) >= 11 is 0. The van der Waals surface area contributed by atoms with Crippen LogP contribution in [-0.4, -0.2) is 11.2 Å². The molecular formula is C17H30O. The van der Waals surface area contributed by atoms with Gasteiger partial charge in [0.1, 0.15) is 0 Å². The van der Waals surface area contributed by atoms with Crippen LogP contribution in [-0.2, 0) is 0 Å². The van der Waals surface area contributed by atoms with E-state index in [4.69, 9.17) is 0 Å². The lowest BCUT2D eigenvalue weighted by Crippen LogP contribution is -2.38. The van der Waals surface area contributed by atoms with Gasteiger partial charge in [-0.25, -0.2) is 0 Å². The van der Waals surface area contributed by atoms with E-state index in [0.717, 1.165) is 11.8 Å². The van der Waals surface area contributed by atoms with Crippen molar-refractivity contribution in [3.63, 3.8) is 0 Å². The summed E-state index contributed by atoms with van der Waals surface area (Å²) in [5.74, 6) is 2.29. The maximum atomic E-state index is 10.8. The molecule has 0 aromatic carbocycles. The predicted molar refractivity (Wildman–Crippen MR) is 75.3 cm³/mol. The largest absolute Gasteiger partial charge is 0.392 e. The van der Waals surface area contributed by atoms with E-state index in [2.05, 4.69) is 20.8 Å². The van der Waals surface area contributed by atoms with Crippen molar-refractivity contribution in [3.8, 4) is 0 Å². The molecule has 18 heavy (non-hydrogen) atoms. The van der Waals surface area contributed by atoms with Gasteiger partial charge in [0.15, 0.2) is 0 Å². The lowest BCUT2D eigenvalue weighted by Gasteiger charge is -2.38. The van der Waals surface area contributed by atoms with Gasteiger partial charge in [-0.3, -0.25) is 0 Å². The molecule has 104 valence electrons. The average Bonchev–Trinajstić information content (AvgIpc) is 2.65. The van der Waals surface area contributed by atoms with Gasteiger partial charge < -0.3 is 5.11 Å². The van der Waals surface area contributed by atoms with E-state index in [1.165, 1.54) is 51.4 Å². The van der Waals surface area contributed by atoms with E-state index in [1.807, 2.05) is 0 Å². The molecule has 3 saturated carbocycles. The summed E-state index contributed by atoms with van der Waals surface area (Å²) in [5, 5.41) is 10.8. The first kappa shape index (κ1) is 13.0. The molecule has 0 aromatic rings. The second kappa shape index (κ2) is 4.23. The second-order valence-electron chi connectivity index (χ2n) is 8.13. The Morgan fingerprint density at radius 3 is 2.22 bits per heavy atom. The van der Waals surface area contributed by atoms with Gasteiger partial charge in [-0.1, -0.05) is 52.9 Å². The Bertz CT molecular complexity index is 316. The minimum absolute atomic E-state index is 0.0341. The highest BCUT2D eigenvalue weighted by Gasteiger charge is 2.65. The van der Waals surface area contributed by atoms with Crippen molar-refractivity contribution >= 4 is 0 Å². The van der Waals surface area contributed by atoms with Crippen LogP contribution in [0.4, 0.5) is 0 Å². The highest BCUT2D eigenvalue weighted by atomic mass is 16.3.